The Balaban J connectivity index is 2.25. The maximum Gasteiger partial charge on any atom is 0.241 e. The van der Waals surface area contributed by atoms with Crippen molar-refractivity contribution in [3.8, 4) is 11.5 Å². The van der Waals surface area contributed by atoms with E-state index < -0.39 is 5.91 Å². The molecule has 1 heterocycles. The summed E-state index contributed by atoms with van der Waals surface area (Å²) in [5.41, 5.74) is 5.83. The minimum atomic E-state index is -0.470. The van der Waals surface area contributed by atoms with E-state index >= 15 is 0 Å². The van der Waals surface area contributed by atoms with Crippen LogP contribution in [0.15, 0.2) is 24.3 Å². The van der Waals surface area contributed by atoms with E-state index in [1.165, 1.54) is 6.08 Å². The maximum atomic E-state index is 10.5. The van der Waals surface area contributed by atoms with Crippen LogP contribution in [0, 0.1) is 0 Å². The summed E-state index contributed by atoms with van der Waals surface area (Å²) < 4.78 is 10.3. The predicted octanol–water partition coefficient (Wildman–Crippen LogP) is 0.914. The van der Waals surface area contributed by atoms with Gasteiger partial charge in [-0.25, -0.2) is 0 Å². The Morgan fingerprint density at radius 3 is 2.93 bits per heavy atom. The third-order valence-electron chi connectivity index (χ3n) is 1.84. The van der Waals surface area contributed by atoms with Crippen LogP contribution < -0.4 is 15.2 Å². The largest absolute Gasteiger partial charge is 0.454 e. The average molecular weight is 191 g/mol. The van der Waals surface area contributed by atoms with Crippen molar-refractivity contribution >= 4 is 12.0 Å². The van der Waals surface area contributed by atoms with Gasteiger partial charge in [-0.1, -0.05) is 6.07 Å². The molecule has 1 aliphatic heterocycles. The molecule has 4 heteroatoms. The zero-order valence-corrected chi connectivity index (χ0v) is 7.40. The Hall–Kier alpha value is -1.97. The Kier molecular flexibility index (Phi) is 2.10. The molecule has 1 amide bonds. The monoisotopic (exact) mass is 191 g/mol. The van der Waals surface area contributed by atoms with Crippen molar-refractivity contribution in [2.75, 3.05) is 6.79 Å². The quantitative estimate of drug-likeness (QED) is 0.707. The molecule has 72 valence electrons. The predicted molar refractivity (Wildman–Crippen MR) is 50.8 cm³/mol. The Bertz CT molecular complexity index is 398. The molecule has 0 saturated heterocycles. The summed E-state index contributed by atoms with van der Waals surface area (Å²) in [4.78, 5) is 10.5. The average Bonchev–Trinajstić information content (AvgIpc) is 2.61. The second-order valence-corrected chi connectivity index (χ2v) is 2.85. The summed E-state index contributed by atoms with van der Waals surface area (Å²) in [6.45, 7) is 0.248. The molecule has 0 atom stereocenters. The van der Waals surface area contributed by atoms with Crippen LogP contribution in [0.3, 0.4) is 0 Å². The standard InChI is InChI=1S/C10H9NO3/c11-10(12)4-2-7-1-3-8-9(5-7)14-6-13-8/h1-5H,6H2,(H2,11,12)/b4-2-. The second kappa shape index (κ2) is 3.41. The van der Waals surface area contributed by atoms with Crippen LogP contribution >= 0.6 is 0 Å². The molecule has 0 fully saturated rings. The summed E-state index contributed by atoms with van der Waals surface area (Å²) >= 11 is 0. The molecule has 14 heavy (non-hydrogen) atoms. The zero-order valence-electron chi connectivity index (χ0n) is 7.40. The van der Waals surface area contributed by atoms with Gasteiger partial charge in [0.1, 0.15) is 0 Å². The number of carbonyl (C=O) groups excluding carboxylic acids is 1. The number of fused-ring (bicyclic) bond motifs is 1. The lowest BCUT2D eigenvalue weighted by atomic mass is 10.2. The number of carbonyl (C=O) groups is 1. The van der Waals surface area contributed by atoms with Crippen molar-refractivity contribution in [3.05, 3.63) is 29.8 Å². The maximum absolute atomic E-state index is 10.5. The molecule has 2 N–H and O–H groups in total. The molecule has 2 rings (SSSR count). The molecular formula is C10H9NO3. The smallest absolute Gasteiger partial charge is 0.241 e. The fourth-order valence-electron chi connectivity index (χ4n) is 1.20. The van der Waals surface area contributed by atoms with E-state index in [0.717, 1.165) is 11.3 Å². The van der Waals surface area contributed by atoms with Gasteiger partial charge >= 0.3 is 0 Å². The number of benzene rings is 1. The third-order valence-corrected chi connectivity index (χ3v) is 1.84. The molecule has 0 aromatic heterocycles. The number of rotatable bonds is 2. The Morgan fingerprint density at radius 2 is 2.14 bits per heavy atom. The number of ether oxygens (including phenoxy) is 2. The molecule has 0 aliphatic carbocycles. The molecule has 0 saturated carbocycles. The van der Waals surface area contributed by atoms with E-state index in [4.69, 9.17) is 15.2 Å². The van der Waals surface area contributed by atoms with E-state index in [2.05, 4.69) is 0 Å². The van der Waals surface area contributed by atoms with Gasteiger partial charge in [0.15, 0.2) is 11.5 Å². The summed E-state index contributed by atoms with van der Waals surface area (Å²) in [6, 6.07) is 5.41. The van der Waals surface area contributed by atoms with Crippen molar-refractivity contribution in [1.82, 2.24) is 0 Å². The molecule has 0 bridgehead atoms. The van der Waals surface area contributed by atoms with Crippen molar-refractivity contribution in [2.45, 2.75) is 0 Å². The lowest BCUT2D eigenvalue weighted by molar-refractivity contribution is -0.113. The number of hydrogen-bond acceptors (Lipinski definition) is 3. The van der Waals surface area contributed by atoms with Gasteiger partial charge in [-0.05, 0) is 23.8 Å². The summed E-state index contributed by atoms with van der Waals surface area (Å²) in [7, 11) is 0. The molecular weight excluding hydrogens is 182 g/mol. The number of amides is 1. The van der Waals surface area contributed by atoms with Crippen LogP contribution in [0.4, 0.5) is 0 Å². The highest BCUT2D eigenvalue weighted by atomic mass is 16.7. The minimum Gasteiger partial charge on any atom is -0.454 e. The molecule has 1 aromatic carbocycles. The lowest BCUT2D eigenvalue weighted by Gasteiger charge is -1.96. The first kappa shape index (κ1) is 8.62. The molecule has 0 spiro atoms. The van der Waals surface area contributed by atoms with Crippen LogP contribution in [0.25, 0.3) is 6.08 Å². The zero-order chi connectivity index (χ0) is 9.97. The second-order valence-electron chi connectivity index (χ2n) is 2.85. The van der Waals surface area contributed by atoms with Crippen molar-refractivity contribution < 1.29 is 14.3 Å². The van der Waals surface area contributed by atoms with Gasteiger partial charge in [0, 0.05) is 6.08 Å². The molecule has 0 radical (unpaired) electrons. The number of hydrogen-bond donors (Lipinski definition) is 1. The fraction of sp³-hybridized carbons (Fsp3) is 0.100. The van der Waals surface area contributed by atoms with Crippen LogP contribution in [0.1, 0.15) is 5.56 Å². The van der Waals surface area contributed by atoms with Gasteiger partial charge < -0.3 is 15.2 Å². The highest BCUT2D eigenvalue weighted by Crippen LogP contribution is 2.32. The van der Waals surface area contributed by atoms with Crippen LogP contribution in [-0.4, -0.2) is 12.7 Å². The first-order valence-corrected chi connectivity index (χ1v) is 4.13. The molecule has 4 nitrogen and oxygen atoms in total. The van der Waals surface area contributed by atoms with Crippen LogP contribution in [-0.2, 0) is 4.79 Å². The Morgan fingerprint density at radius 1 is 1.36 bits per heavy atom. The van der Waals surface area contributed by atoms with Crippen molar-refractivity contribution in [1.29, 1.82) is 0 Å². The van der Waals surface area contributed by atoms with Crippen molar-refractivity contribution in [2.24, 2.45) is 5.73 Å². The van der Waals surface area contributed by atoms with Gasteiger partial charge in [-0.15, -0.1) is 0 Å². The molecule has 1 aromatic rings. The van der Waals surface area contributed by atoms with Crippen LogP contribution in [0.2, 0.25) is 0 Å². The van der Waals surface area contributed by atoms with E-state index in [9.17, 15) is 4.79 Å². The number of nitrogens with two attached hydrogens (primary N) is 1. The highest BCUT2D eigenvalue weighted by molar-refractivity contribution is 5.90. The van der Waals surface area contributed by atoms with Crippen LogP contribution in [0.5, 0.6) is 11.5 Å². The van der Waals surface area contributed by atoms with E-state index in [1.807, 2.05) is 6.07 Å². The molecule has 0 unspecified atom stereocenters. The number of primary amides is 1. The Labute approximate surface area is 80.9 Å². The van der Waals surface area contributed by atoms with Crippen molar-refractivity contribution in [3.63, 3.8) is 0 Å². The van der Waals surface area contributed by atoms with E-state index in [1.54, 1.807) is 18.2 Å². The van der Waals surface area contributed by atoms with Gasteiger partial charge in [0.05, 0.1) is 0 Å². The van der Waals surface area contributed by atoms with Gasteiger partial charge in [-0.2, -0.15) is 0 Å². The summed E-state index contributed by atoms with van der Waals surface area (Å²) in [5.74, 6) is 0.945. The van der Waals surface area contributed by atoms with Gasteiger partial charge in [0.2, 0.25) is 12.7 Å². The highest BCUT2D eigenvalue weighted by Gasteiger charge is 2.11. The van der Waals surface area contributed by atoms with Gasteiger partial charge in [-0.3, -0.25) is 4.79 Å². The normalized spacial score (nSPS) is 13.4. The fourth-order valence-corrected chi connectivity index (χ4v) is 1.20. The SMILES string of the molecule is NC(=O)/C=C\c1ccc2c(c1)OCO2. The topological polar surface area (TPSA) is 61.6 Å². The van der Waals surface area contributed by atoms with Gasteiger partial charge in [0.25, 0.3) is 0 Å². The minimum absolute atomic E-state index is 0.248. The summed E-state index contributed by atoms with van der Waals surface area (Å²) in [5, 5.41) is 0. The summed E-state index contributed by atoms with van der Waals surface area (Å²) in [6.07, 6.45) is 2.93. The van der Waals surface area contributed by atoms with E-state index in [-0.39, 0.29) is 6.79 Å². The lowest BCUT2D eigenvalue weighted by Crippen LogP contribution is -2.04. The third kappa shape index (κ3) is 1.69. The molecule has 1 aliphatic rings. The first-order valence-electron chi connectivity index (χ1n) is 4.13. The van der Waals surface area contributed by atoms with E-state index in [0.29, 0.717) is 5.75 Å². The first-order chi connectivity index (χ1) is 6.75.